The van der Waals surface area contributed by atoms with Crippen LogP contribution in [0.25, 0.3) is 10.8 Å². The maximum absolute atomic E-state index is 6.20. The smallest absolute Gasteiger partial charge is 0.0630 e. The normalized spacial score (nSPS) is 10.8. The number of aromatic nitrogens is 1. The summed E-state index contributed by atoms with van der Waals surface area (Å²) in [5.74, 6) is 0. The minimum atomic E-state index is 0.785. The molecule has 1 aromatic carbocycles. The van der Waals surface area contributed by atoms with Crippen LogP contribution >= 0.6 is 11.3 Å². The molecule has 0 spiro atoms. The maximum atomic E-state index is 6.20. The van der Waals surface area contributed by atoms with Gasteiger partial charge in [0.2, 0.25) is 0 Å². The Morgan fingerprint density at radius 3 is 2.89 bits per heavy atom. The molecule has 19 heavy (non-hydrogen) atoms. The van der Waals surface area contributed by atoms with Crippen LogP contribution in [0, 0.1) is 6.92 Å². The van der Waals surface area contributed by atoms with Crippen molar-refractivity contribution in [2.75, 3.05) is 11.1 Å². The van der Waals surface area contributed by atoms with Gasteiger partial charge in [-0.3, -0.25) is 4.98 Å². The van der Waals surface area contributed by atoms with Crippen LogP contribution < -0.4 is 11.1 Å². The SMILES string of the molecule is Cc1ccc(CNc2ccc3cnccc3c2N)s1. The third-order valence-electron chi connectivity index (χ3n) is 3.11. The number of fused-ring (bicyclic) bond motifs is 1. The van der Waals surface area contributed by atoms with Gasteiger partial charge in [0, 0.05) is 39.5 Å². The zero-order valence-corrected chi connectivity index (χ0v) is 11.5. The van der Waals surface area contributed by atoms with Crippen molar-refractivity contribution in [3.8, 4) is 0 Å². The molecule has 0 unspecified atom stereocenters. The molecule has 3 rings (SSSR count). The Hall–Kier alpha value is -2.07. The van der Waals surface area contributed by atoms with E-state index in [1.165, 1.54) is 9.75 Å². The Bertz CT molecular complexity index is 718. The molecule has 0 aliphatic rings. The molecule has 4 heteroatoms. The number of nitrogens with one attached hydrogen (secondary N) is 1. The van der Waals surface area contributed by atoms with Crippen molar-refractivity contribution in [2.24, 2.45) is 0 Å². The molecule has 3 aromatic rings. The second-order valence-electron chi connectivity index (χ2n) is 4.49. The van der Waals surface area contributed by atoms with Crippen molar-refractivity contribution in [2.45, 2.75) is 13.5 Å². The van der Waals surface area contributed by atoms with E-state index in [-0.39, 0.29) is 0 Å². The maximum Gasteiger partial charge on any atom is 0.0630 e. The lowest BCUT2D eigenvalue weighted by molar-refractivity contribution is 1.20. The Balaban J connectivity index is 1.87. The summed E-state index contributed by atoms with van der Waals surface area (Å²) in [6, 6.07) is 10.3. The van der Waals surface area contributed by atoms with Gasteiger partial charge in [-0.05, 0) is 31.2 Å². The van der Waals surface area contributed by atoms with Gasteiger partial charge in [0.05, 0.1) is 11.4 Å². The number of nitrogen functional groups attached to an aromatic ring is 1. The first kappa shape index (κ1) is 12.0. The Morgan fingerprint density at radius 2 is 2.11 bits per heavy atom. The number of anilines is 2. The molecular formula is C15H15N3S. The highest BCUT2D eigenvalue weighted by Gasteiger charge is 2.04. The summed E-state index contributed by atoms with van der Waals surface area (Å²) in [6.07, 6.45) is 3.60. The number of rotatable bonds is 3. The second kappa shape index (κ2) is 4.90. The van der Waals surface area contributed by atoms with E-state index in [0.717, 1.165) is 28.7 Å². The fourth-order valence-corrected chi connectivity index (χ4v) is 2.94. The van der Waals surface area contributed by atoms with E-state index in [4.69, 9.17) is 5.73 Å². The van der Waals surface area contributed by atoms with Crippen molar-refractivity contribution in [3.63, 3.8) is 0 Å². The van der Waals surface area contributed by atoms with E-state index in [1.807, 2.05) is 24.4 Å². The van der Waals surface area contributed by atoms with Gasteiger partial charge in [-0.2, -0.15) is 0 Å². The quantitative estimate of drug-likeness (QED) is 0.711. The molecule has 3 nitrogen and oxygen atoms in total. The van der Waals surface area contributed by atoms with Crippen molar-refractivity contribution in [1.82, 2.24) is 4.98 Å². The summed E-state index contributed by atoms with van der Waals surface area (Å²) in [5.41, 5.74) is 7.96. The van der Waals surface area contributed by atoms with Gasteiger partial charge in [0.1, 0.15) is 0 Å². The predicted octanol–water partition coefficient (Wildman–Crippen LogP) is 3.80. The van der Waals surface area contributed by atoms with Gasteiger partial charge in [0.15, 0.2) is 0 Å². The van der Waals surface area contributed by atoms with E-state index in [2.05, 4.69) is 29.4 Å². The molecular weight excluding hydrogens is 254 g/mol. The number of pyridine rings is 1. The van der Waals surface area contributed by atoms with Gasteiger partial charge >= 0.3 is 0 Å². The van der Waals surface area contributed by atoms with Crippen LogP contribution in [0.4, 0.5) is 11.4 Å². The van der Waals surface area contributed by atoms with Crippen molar-refractivity contribution >= 4 is 33.5 Å². The van der Waals surface area contributed by atoms with Gasteiger partial charge in [-0.1, -0.05) is 6.07 Å². The highest BCUT2D eigenvalue weighted by molar-refractivity contribution is 7.11. The monoisotopic (exact) mass is 269 g/mol. The van der Waals surface area contributed by atoms with E-state index in [9.17, 15) is 0 Å². The second-order valence-corrected chi connectivity index (χ2v) is 5.86. The molecule has 0 aliphatic heterocycles. The topological polar surface area (TPSA) is 50.9 Å². The summed E-state index contributed by atoms with van der Waals surface area (Å²) >= 11 is 1.80. The summed E-state index contributed by atoms with van der Waals surface area (Å²) in [5, 5.41) is 5.51. The van der Waals surface area contributed by atoms with Crippen LogP contribution in [0.3, 0.4) is 0 Å². The number of thiophene rings is 1. The average molecular weight is 269 g/mol. The molecule has 3 N–H and O–H groups in total. The first-order chi connectivity index (χ1) is 9.24. The zero-order chi connectivity index (χ0) is 13.2. The van der Waals surface area contributed by atoms with Crippen LogP contribution in [0.15, 0.2) is 42.7 Å². The summed E-state index contributed by atoms with van der Waals surface area (Å²) in [6.45, 7) is 2.92. The van der Waals surface area contributed by atoms with Gasteiger partial charge in [-0.25, -0.2) is 0 Å². The predicted molar refractivity (Wildman–Crippen MR) is 82.5 cm³/mol. The molecule has 0 atom stereocenters. The standard InChI is InChI=1S/C15H15N3S/c1-10-2-4-12(19-10)9-18-14-5-3-11-8-17-7-6-13(11)15(14)16/h2-8,18H,9,16H2,1H3. The molecule has 0 saturated heterocycles. The Labute approximate surface area is 116 Å². The summed E-state index contributed by atoms with van der Waals surface area (Å²) < 4.78 is 0. The first-order valence-electron chi connectivity index (χ1n) is 6.15. The van der Waals surface area contributed by atoms with Crippen LogP contribution in [0.1, 0.15) is 9.75 Å². The summed E-state index contributed by atoms with van der Waals surface area (Å²) in [4.78, 5) is 6.75. The summed E-state index contributed by atoms with van der Waals surface area (Å²) in [7, 11) is 0. The van der Waals surface area contributed by atoms with E-state index in [1.54, 1.807) is 17.5 Å². The third-order valence-corrected chi connectivity index (χ3v) is 4.11. The number of nitrogens with zero attached hydrogens (tertiary/aromatic N) is 1. The molecule has 0 amide bonds. The number of nitrogens with two attached hydrogens (primary N) is 1. The van der Waals surface area contributed by atoms with E-state index < -0.39 is 0 Å². The Morgan fingerprint density at radius 1 is 1.21 bits per heavy atom. The first-order valence-corrected chi connectivity index (χ1v) is 6.97. The highest BCUT2D eigenvalue weighted by atomic mass is 32.1. The number of hydrogen-bond acceptors (Lipinski definition) is 4. The highest BCUT2D eigenvalue weighted by Crippen LogP contribution is 2.28. The molecule has 96 valence electrons. The van der Waals surface area contributed by atoms with Crippen molar-refractivity contribution < 1.29 is 0 Å². The van der Waals surface area contributed by atoms with Crippen molar-refractivity contribution in [1.29, 1.82) is 0 Å². The molecule has 0 radical (unpaired) electrons. The fraction of sp³-hybridized carbons (Fsp3) is 0.133. The van der Waals surface area contributed by atoms with Gasteiger partial charge in [-0.15, -0.1) is 11.3 Å². The van der Waals surface area contributed by atoms with Crippen LogP contribution in [-0.4, -0.2) is 4.98 Å². The van der Waals surface area contributed by atoms with Crippen LogP contribution in [-0.2, 0) is 6.54 Å². The lowest BCUT2D eigenvalue weighted by Gasteiger charge is -2.10. The number of benzene rings is 1. The van der Waals surface area contributed by atoms with E-state index >= 15 is 0 Å². The van der Waals surface area contributed by atoms with Gasteiger partial charge < -0.3 is 11.1 Å². The minimum Gasteiger partial charge on any atom is -0.397 e. The number of aryl methyl sites for hydroxylation is 1. The Kier molecular flexibility index (Phi) is 3.09. The van der Waals surface area contributed by atoms with Crippen molar-refractivity contribution in [3.05, 3.63) is 52.5 Å². The van der Waals surface area contributed by atoms with Crippen LogP contribution in [0.5, 0.6) is 0 Å². The zero-order valence-electron chi connectivity index (χ0n) is 10.7. The molecule has 2 aromatic heterocycles. The average Bonchev–Trinajstić information content (AvgIpc) is 2.84. The minimum absolute atomic E-state index is 0.785. The third kappa shape index (κ3) is 2.39. The molecule has 0 aliphatic carbocycles. The van der Waals surface area contributed by atoms with E-state index in [0.29, 0.717) is 0 Å². The molecule has 2 heterocycles. The fourth-order valence-electron chi connectivity index (χ4n) is 2.11. The largest absolute Gasteiger partial charge is 0.397 e. The molecule has 0 bridgehead atoms. The van der Waals surface area contributed by atoms with Crippen LogP contribution in [0.2, 0.25) is 0 Å². The lowest BCUT2D eigenvalue weighted by Crippen LogP contribution is -2.01. The molecule has 0 saturated carbocycles. The number of hydrogen-bond donors (Lipinski definition) is 2. The lowest BCUT2D eigenvalue weighted by atomic mass is 10.1. The van der Waals surface area contributed by atoms with Gasteiger partial charge in [0.25, 0.3) is 0 Å². The molecule has 0 fully saturated rings.